The molecule has 0 heterocycles. The Balaban J connectivity index is 4.05. The molecule has 0 spiro atoms. The topological polar surface area (TPSA) is 108 Å². The maximum atomic E-state index is 12.9. The molecule has 2 unspecified atom stereocenters. The van der Waals surface area contributed by atoms with E-state index in [-0.39, 0.29) is 25.6 Å². The fourth-order valence-corrected chi connectivity index (χ4v) is 10.4. The van der Waals surface area contributed by atoms with Gasteiger partial charge in [-0.05, 0) is 70.6 Å². The maximum absolute atomic E-state index is 12.9. The minimum atomic E-state index is -4.39. The predicted molar refractivity (Wildman–Crippen MR) is 353 cm³/mol. The molecular formula is C72H131NO8P+. The predicted octanol–water partition coefficient (Wildman–Crippen LogP) is 22.2. The van der Waals surface area contributed by atoms with E-state index in [9.17, 15) is 19.0 Å². The lowest BCUT2D eigenvalue weighted by Gasteiger charge is -2.24. The van der Waals surface area contributed by atoms with Gasteiger partial charge >= 0.3 is 19.8 Å². The zero-order chi connectivity index (χ0) is 59.8. The van der Waals surface area contributed by atoms with Crippen LogP contribution in [0.1, 0.15) is 309 Å². The summed E-state index contributed by atoms with van der Waals surface area (Å²) in [7, 11) is 1.48. The lowest BCUT2D eigenvalue weighted by Crippen LogP contribution is -2.37. The Kier molecular flexibility index (Phi) is 60.6. The number of carbonyl (C=O) groups is 2. The van der Waals surface area contributed by atoms with Crippen molar-refractivity contribution < 1.29 is 42.1 Å². The van der Waals surface area contributed by atoms with Gasteiger partial charge in [-0.2, -0.15) is 0 Å². The molecule has 0 aliphatic heterocycles. The number of quaternary nitrogens is 1. The lowest BCUT2D eigenvalue weighted by molar-refractivity contribution is -0.870. The van der Waals surface area contributed by atoms with Crippen LogP contribution in [0.5, 0.6) is 0 Å². The quantitative estimate of drug-likeness (QED) is 0.0211. The molecule has 0 rings (SSSR count). The molecule has 0 aliphatic carbocycles. The van der Waals surface area contributed by atoms with Crippen LogP contribution in [0.25, 0.3) is 0 Å². The van der Waals surface area contributed by atoms with Gasteiger partial charge in [-0.1, -0.05) is 311 Å². The Morgan fingerprint density at radius 1 is 0.390 bits per heavy atom. The van der Waals surface area contributed by atoms with Crippen LogP contribution in [-0.4, -0.2) is 74.9 Å². The smallest absolute Gasteiger partial charge is 0.462 e. The number of hydrogen-bond donors (Lipinski definition) is 1. The Morgan fingerprint density at radius 3 is 1.04 bits per heavy atom. The zero-order valence-electron chi connectivity index (χ0n) is 54.2. The first kappa shape index (κ1) is 79.2. The number of allylic oxidation sites excluding steroid dienone is 14. The van der Waals surface area contributed by atoms with Gasteiger partial charge in [0.05, 0.1) is 27.7 Å². The summed E-state index contributed by atoms with van der Waals surface area (Å²) in [5.74, 6) is -0.787. The van der Waals surface area contributed by atoms with Gasteiger partial charge in [0.2, 0.25) is 0 Å². The fourth-order valence-electron chi connectivity index (χ4n) is 9.71. The first-order valence-electron chi connectivity index (χ1n) is 34.3. The van der Waals surface area contributed by atoms with Crippen molar-refractivity contribution in [1.82, 2.24) is 0 Å². The first-order valence-corrected chi connectivity index (χ1v) is 35.8. The number of phosphoric acid groups is 1. The van der Waals surface area contributed by atoms with E-state index < -0.39 is 26.5 Å². The van der Waals surface area contributed by atoms with Crippen molar-refractivity contribution in [3.8, 4) is 0 Å². The zero-order valence-corrected chi connectivity index (χ0v) is 55.1. The molecule has 0 amide bonds. The number of ether oxygens (including phenoxy) is 2. The van der Waals surface area contributed by atoms with E-state index in [2.05, 4.69) is 98.9 Å². The number of hydrogen-bond acceptors (Lipinski definition) is 7. The van der Waals surface area contributed by atoms with Gasteiger partial charge in [-0.15, -0.1) is 0 Å². The standard InChI is InChI=1S/C72H130NO8P/c1-6-8-10-12-14-16-18-20-22-24-26-28-30-31-32-33-34-35-36-37-38-39-40-41-43-45-47-49-51-53-55-57-59-61-63-65-72(75)81-70(69-80-82(76,77)79-67-66-73(3,4)5)68-78-71(74)64-62-60-58-56-54-52-50-48-46-44-42-29-27-25-23-21-19-17-15-13-11-9-7-2/h8,10,14,16,20,22,26,28,31-32,34-35,37-38,70H,6-7,9,11-13,15,17-19,21,23-25,27,29-30,33,36,39-69H2,1-5H3/p+1/b10-8-,16-14-,22-20-,28-26-,32-31-,35-34-,38-37-. The van der Waals surface area contributed by atoms with Crippen LogP contribution >= 0.6 is 7.82 Å². The minimum absolute atomic E-state index is 0.0308. The molecule has 0 aromatic heterocycles. The maximum Gasteiger partial charge on any atom is 0.472 e. The van der Waals surface area contributed by atoms with Crippen LogP contribution in [0.15, 0.2) is 85.1 Å². The van der Waals surface area contributed by atoms with Gasteiger partial charge in [-0.3, -0.25) is 18.6 Å². The molecule has 0 radical (unpaired) electrons. The minimum Gasteiger partial charge on any atom is -0.462 e. The number of esters is 2. The van der Waals surface area contributed by atoms with Gasteiger partial charge in [0.15, 0.2) is 6.10 Å². The second-order valence-corrected chi connectivity index (χ2v) is 25.6. The Labute approximate surface area is 507 Å². The molecule has 0 fully saturated rings. The van der Waals surface area contributed by atoms with Gasteiger partial charge in [-0.25, -0.2) is 4.57 Å². The summed E-state index contributed by atoms with van der Waals surface area (Å²) in [4.78, 5) is 35.8. The van der Waals surface area contributed by atoms with Crippen LogP contribution in [0.3, 0.4) is 0 Å². The first-order chi connectivity index (χ1) is 40.0. The van der Waals surface area contributed by atoms with Gasteiger partial charge in [0.1, 0.15) is 19.8 Å². The van der Waals surface area contributed by atoms with Crippen molar-refractivity contribution in [2.75, 3.05) is 47.5 Å². The van der Waals surface area contributed by atoms with Gasteiger partial charge in [0, 0.05) is 12.8 Å². The monoisotopic (exact) mass is 1170 g/mol. The van der Waals surface area contributed by atoms with Crippen molar-refractivity contribution in [3.05, 3.63) is 85.1 Å². The summed E-state index contributed by atoms with van der Waals surface area (Å²) in [6.45, 7) is 4.36. The summed E-state index contributed by atoms with van der Waals surface area (Å²) < 4.78 is 34.7. The summed E-state index contributed by atoms with van der Waals surface area (Å²) >= 11 is 0. The average Bonchev–Trinajstić information content (AvgIpc) is 3.45. The normalized spacial score (nSPS) is 13.7. The van der Waals surface area contributed by atoms with E-state index >= 15 is 0 Å². The van der Waals surface area contributed by atoms with Crippen LogP contribution < -0.4 is 0 Å². The van der Waals surface area contributed by atoms with Crippen LogP contribution in [-0.2, 0) is 32.7 Å². The second kappa shape index (κ2) is 62.7. The number of carbonyl (C=O) groups excluding carboxylic acids is 2. The summed E-state index contributed by atoms with van der Waals surface area (Å²) in [6, 6.07) is 0. The summed E-state index contributed by atoms with van der Waals surface area (Å²) in [6.07, 6.45) is 85.4. The van der Waals surface area contributed by atoms with E-state index in [1.807, 2.05) is 21.1 Å². The van der Waals surface area contributed by atoms with Gasteiger partial charge < -0.3 is 18.9 Å². The van der Waals surface area contributed by atoms with Crippen LogP contribution in [0.2, 0.25) is 0 Å². The molecule has 82 heavy (non-hydrogen) atoms. The summed E-state index contributed by atoms with van der Waals surface area (Å²) in [5.41, 5.74) is 0. The number of unbranched alkanes of at least 4 members (excludes halogenated alkanes) is 35. The Hall–Kier alpha value is -2.81. The summed E-state index contributed by atoms with van der Waals surface area (Å²) in [5, 5.41) is 0. The van der Waals surface area contributed by atoms with E-state index in [4.69, 9.17) is 18.5 Å². The molecule has 10 heteroatoms. The third-order valence-electron chi connectivity index (χ3n) is 14.9. The number of likely N-dealkylation sites (N-methyl/N-ethyl adjacent to an activating group) is 1. The highest BCUT2D eigenvalue weighted by atomic mass is 31.2. The Morgan fingerprint density at radius 2 is 0.695 bits per heavy atom. The number of rotatable bonds is 63. The fraction of sp³-hybridized carbons (Fsp3) is 0.778. The molecule has 0 saturated heterocycles. The molecule has 0 saturated carbocycles. The van der Waals surface area contributed by atoms with Crippen LogP contribution in [0, 0.1) is 0 Å². The molecule has 2 atom stereocenters. The molecule has 0 bridgehead atoms. The molecular weight excluding hydrogens is 1040 g/mol. The largest absolute Gasteiger partial charge is 0.472 e. The highest BCUT2D eigenvalue weighted by molar-refractivity contribution is 7.47. The molecule has 0 aromatic rings. The highest BCUT2D eigenvalue weighted by Gasteiger charge is 2.27. The van der Waals surface area contributed by atoms with E-state index in [0.29, 0.717) is 23.9 Å². The molecule has 9 nitrogen and oxygen atoms in total. The molecule has 476 valence electrons. The molecule has 0 aromatic carbocycles. The van der Waals surface area contributed by atoms with Crippen molar-refractivity contribution in [1.29, 1.82) is 0 Å². The van der Waals surface area contributed by atoms with Crippen molar-refractivity contribution in [2.45, 2.75) is 315 Å². The number of nitrogens with zero attached hydrogens (tertiary/aromatic N) is 1. The SMILES string of the molecule is CC/C=C\C/C=C\C/C=C\C/C=C\C/C=C\C/C=C\C/C=C\CCCCCCCCCCCCCCCC(=O)OC(COC(=O)CCCCCCCCCCCCCCCCCCCCCCCCC)COP(=O)(O)OCC[N+](C)(C)C. The van der Waals surface area contributed by atoms with Crippen molar-refractivity contribution >= 4 is 19.8 Å². The molecule has 0 aliphatic rings. The molecule has 1 N–H and O–H groups in total. The average molecular weight is 1170 g/mol. The van der Waals surface area contributed by atoms with E-state index in [0.717, 1.165) is 83.5 Å². The highest BCUT2D eigenvalue weighted by Crippen LogP contribution is 2.43. The van der Waals surface area contributed by atoms with Gasteiger partial charge in [0.25, 0.3) is 0 Å². The third kappa shape index (κ3) is 66.3. The lowest BCUT2D eigenvalue weighted by atomic mass is 10.0. The number of phosphoric ester groups is 1. The van der Waals surface area contributed by atoms with E-state index in [1.165, 1.54) is 193 Å². The third-order valence-corrected chi connectivity index (χ3v) is 15.9. The Bertz CT molecular complexity index is 1660. The van der Waals surface area contributed by atoms with Crippen molar-refractivity contribution in [3.63, 3.8) is 0 Å². The second-order valence-electron chi connectivity index (χ2n) is 24.2. The van der Waals surface area contributed by atoms with Crippen molar-refractivity contribution in [2.24, 2.45) is 0 Å². The van der Waals surface area contributed by atoms with Crippen LogP contribution in [0.4, 0.5) is 0 Å². The van der Waals surface area contributed by atoms with E-state index in [1.54, 1.807) is 0 Å².